The maximum atomic E-state index is 12.1. The normalized spacial score (nSPS) is 15.9. The summed E-state index contributed by atoms with van der Waals surface area (Å²) in [5.41, 5.74) is -4.70. The fraction of sp³-hybridized carbons (Fsp3) is 1.00. The van der Waals surface area contributed by atoms with E-state index in [1.54, 1.807) is 0 Å². The van der Waals surface area contributed by atoms with Gasteiger partial charge in [0, 0.05) is 0 Å². The molecule has 0 heterocycles. The quantitative estimate of drug-likeness (QED) is 0.443. The number of rotatable bonds is 1. The van der Waals surface area contributed by atoms with Gasteiger partial charge in [-0.05, 0) is 13.8 Å². The zero-order valence-corrected chi connectivity index (χ0v) is 9.25. The molecule has 0 aromatic carbocycles. The molecule has 0 bridgehead atoms. The van der Waals surface area contributed by atoms with E-state index in [4.69, 9.17) is 5.11 Å². The molecule has 0 unspecified atom stereocenters. The Kier molecular flexibility index (Phi) is 3.46. The molecule has 8 heteroatoms. The SMILES string of the molecule is CC(C)(I)C(O)(C(F)(F)F)C(F)(F)F. The van der Waals surface area contributed by atoms with Crippen LogP contribution in [0.15, 0.2) is 0 Å². The summed E-state index contributed by atoms with van der Waals surface area (Å²) >= 11 is 0.916. The van der Waals surface area contributed by atoms with E-state index in [0.29, 0.717) is 13.8 Å². The highest BCUT2D eigenvalue weighted by molar-refractivity contribution is 14.1. The summed E-state index contributed by atoms with van der Waals surface area (Å²) in [6.07, 6.45) is -11.5. The molecule has 1 N–H and O–H groups in total. The number of halogens is 7. The number of hydrogen-bond donors (Lipinski definition) is 1. The van der Waals surface area contributed by atoms with Gasteiger partial charge in [-0.25, -0.2) is 0 Å². The largest absolute Gasteiger partial charge is 0.427 e. The van der Waals surface area contributed by atoms with Crippen molar-refractivity contribution in [2.24, 2.45) is 0 Å². The minimum Gasteiger partial charge on any atom is -0.373 e. The zero-order valence-electron chi connectivity index (χ0n) is 7.09. The van der Waals surface area contributed by atoms with Gasteiger partial charge < -0.3 is 5.11 Å². The molecule has 0 aromatic heterocycles. The first-order valence-electron chi connectivity index (χ1n) is 3.30. The highest BCUT2D eigenvalue weighted by atomic mass is 127. The summed E-state index contributed by atoms with van der Waals surface area (Å²) in [7, 11) is 0. The van der Waals surface area contributed by atoms with Crippen molar-refractivity contribution in [3.63, 3.8) is 0 Å². The Labute approximate surface area is 89.6 Å². The number of aliphatic hydroxyl groups is 1. The van der Waals surface area contributed by atoms with Gasteiger partial charge in [-0.15, -0.1) is 0 Å². The fourth-order valence-electron chi connectivity index (χ4n) is 0.835. The molecule has 0 saturated carbocycles. The van der Waals surface area contributed by atoms with Crippen LogP contribution in [0.4, 0.5) is 26.3 Å². The van der Waals surface area contributed by atoms with E-state index < -0.39 is 21.4 Å². The summed E-state index contributed by atoms with van der Waals surface area (Å²) in [6, 6.07) is 0. The molecule has 0 aliphatic carbocycles. The third-order valence-electron chi connectivity index (χ3n) is 1.68. The van der Waals surface area contributed by atoms with Crippen LogP contribution < -0.4 is 0 Å². The predicted molar refractivity (Wildman–Crippen MR) is 45.2 cm³/mol. The minimum atomic E-state index is -5.75. The average Bonchev–Trinajstić information content (AvgIpc) is 1.77. The molecule has 0 aromatic rings. The fourth-order valence-corrected chi connectivity index (χ4v) is 1.45. The molecule has 1 nitrogen and oxygen atoms in total. The second kappa shape index (κ2) is 3.39. The molecular formula is C6H7F6IO. The molecule has 0 radical (unpaired) electrons. The van der Waals surface area contributed by atoms with E-state index >= 15 is 0 Å². The van der Waals surface area contributed by atoms with Crippen LogP contribution in [0, 0.1) is 0 Å². The van der Waals surface area contributed by atoms with Gasteiger partial charge in [0.1, 0.15) is 0 Å². The van der Waals surface area contributed by atoms with Gasteiger partial charge in [-0.3, -0.25) is 0 Å². The van der Waals surface area contributed by atoms with Crippen molar-refractivity contribution in [1.82, 2.24) is 0 Å². The second-order valence-corrected chi connectivity index (χ2v) is 5.88. The smallest absolute Gasteiger partial charge is 0.373 e. The van der Waals surface area contributed by atoms with Crippen LogP contribution in [-0.4, -0.2) is 26.5 Å². The molecule has 0 saturated heterocycles. The van der Waals surface area contributed by atoms with Crippen molar-refractivity contribution in [3.8, 4) is 0 Å². The van der Waals surface area contributed by atoms with Crippen LogP contribution in [0.2, 0.25) is 0 Å². The molecular weight excluding hydrogens is 329 g/mol. The maximum absolute atomic E-state index is 12.1. The van der Waals surface area contributed by atoms with Gasteiger partial charge in [-0.2, -0.15) is 26.3 Å². The Bertz CT molecular complexity index is 176. The van der Waals surface area contributed by atoms with Gasteiger partial charge in [0.25, 0.3) is 5.60 Å². The summed E-state index contributed by atoms with van der Waals surface area (Å²) in [4.78, 5) is 0. The van der Waals surface area contributed by atoms with Crippen molar-refractivity contribution in [2.75, 3.05) is 0 Å². The molecule has 0 aliphatic heterocycles. The topological polar surface area (TPSA) is 20.2 Å². The predicted octanol–water partition coefficient (Wildman–Crippen LogP) is 3.06. The second-order valence-electron chi connectivity index (χ2n) is 3.18. The van der Waals surface area contributed by atoms with Gasteiger partial charge in [0.05, 0.1) is 3.42 Å². The summed E-state index contributed by atoms with van der Waals surface area (Å²) in [6.45, 7) is 1.32. The van der Waals surface area contributed by atoms with E-state index in [1.165, 1.54) is 0 Å². The average molecular weight is 336 g/mol. The van der Waals surface area contributed by atoms with Gasteiger partial charge in [0.15, 0.2) is 0 Å². The van der Waals surface area contributed by atoms with E-state index in [1.807, 2.05) is 0 Å². The number of hydrogen-bond acceptors (Lipinski definition) is 1. The highest BCUT2D eigenvalue weighted by Crippen LogP contribution is 2.52. The molecule has 86 valence electrons. The molecule has 0 aliphatic rings. The Morgan fingerprint density at radius 2 is 1.07 bits per heavy atom. The molecule has 0 amide bonds. The van der Waals surface area contributed by atoms with E-state index in [9.17, 15) is 26.3 Å². The molecule has 0 fully saturated rings. The lowest BCUT2D eigenvalue weighted by Gasteiger charge is -2.40. The van der Waals surface area contributed by atoms with Crippen molar-refractivity contribution < 1.29 is 31.4 Å². The first-order valence-corrected chi connectivity index (χ1v) is 4.38. The van der Waals surface area contributed by atoms with Crippen molar-refractivity contribution in [1.29, 1.82) is 0 Å². The zero-order chi connectivity index (χ0) is 12.0. The molecule has 0 rings (SSSR count). The minimum absolute atomic E-state index is 0.661. The van der Waals surface area contributed by atoms with E-state index in [2.05, 4.69) is 0 Å². The van der Waals surface area contributed by atoms with Crippen molar-refractivity contribution in [3.05, 3.63) is 0 Å². The first-order chi connectivity index (χ1) is 5.75. The van der Waals surface area contributed by atoms with Crippen LogP contribution >= 0.6 is 22.6 Å². The standard InChI is InChI=1S/C6H7F6IO/c1-3(2,13)4(14,5(7,8)9)6(10,11)12/h14H,1-2H3. The monoisotopic (exact) mass is 336 g/mol. The summed E-state index contributed by atoms with van der Waals surface area (Å²) in [5.74, 6) is 0. The van der Waals surface area contributed by atoms with Crippen LogP contribution in [0.5, 0.6) is 0 Å². The summed E-state index contributed by atoms with van der Waals surface area (Å²) in [5, 5.41) is 8.76. The molecule has 14 heavy (non-hydrogen) atoms. The lowest BCUT2D eigenvalue weighted by atomic mass is 9.89. The van der Waals surface area contributed by atoms with Gasteiger partial charge >= 0.3 is 12.4 Å². The van der Waals surface area contributed by atoms with Crippen LogP contribution in [-0.2, 0) is 0 Å². The third-order valence-corrected chi connectivity index (χ3v) is 2.46. The Morgan fingerprint density at radius 3 is 1.07 bits per heavy atom. The summed E-state index contributed by atoms with van der Waals surface area (Å²) < 4.78 is 70.3. The third kappa shape index (κ3) is 2.10. The van der Waals surface area contributed by atoms with E-state index in [-0.39, 0.29) is 0 Å². The molecule has 0 spiro atoms. The van der Waals surface area contributed by atoms with E-state index in [0.717, 1.165) is 22.6 Å². The lowest BCUT2D eigenvalue weighted by Crippen LogP contribution is -2.66. The Morgan fingerprint density at radius 1 is 0.857 bits per heavy atom. The van der Waals surface area contributed by atoms with Crippen LogP contribution in [0.25, 0.3) is 0 Å². The van der Waals surface area contributed by atoms with Gasteiger partial charge in [-0.1, -0.05) is 22.6 Å². The van der Waals surface area contributed by atoms with Crippen molar-refractivity contribution in [2.45, 2.75) is 35.2 Å². The maximum Gasteiger partial charge on any atom is 0.427 e. The Hall–Kier alpha value is 0.270. The van der Waals surface area contributed by atoms with Crippen LogP contribution in [0.1, 0.15) is 13.8 Å². The Balaban J connectivity index is 5.54. The van der Waals surface area contributed by atoms with Gasteiger partial charge in [0.2, 0.25) is 0 Å². The highest BCUT2D eigenvalue weighted by Gasteiger charge is 2.76. The number of alkyl halides is 7. The van der Waals surface area contributed by atoms with Crippen molar-refractivity contribution >= 4 is 22.6 Å². The van der Waals surface area contributed by atoms with Crippen LogP contribution in [0.3, 0.4) is 0 Å². The lowest BCUT2D eigenvalue weighted by molar-refractivity contribution is -0.373. The molecule has 0 atom stereocenters. The first kappa shape index (κ1) is 14.3.